The molecule has 0 radical (unpaired) electrons. The lowest BCUT2D eigenvalue weighted by Gasteiger charge is -2.36. The Morgan fingerprint density at radius 3 is 2.38 bits per heavy atom. The van der Waals surface area contributed by atoms with Crippen molar-refractivity contribution >= 4 is 6.29 Å². The van der Waals surface area contributed by atoms with Crippen LogP contribution < -0.4 is 5.76 Å². The molecule has 0 saturated heterocycles. The molecule has 0 bridgehead atoms. The highest BCUT2D eigenvalue weighted by Crippen LogP contribution is 2.34. The number of carbonyl (C=O) groups excluding carboxylic acids is 1. The molecule has 1 unspecified atom stereocenters. The number of nitrogens with one attached hydrogen (secondary N) is 1. The molecule has 0 fully saturated rings. The minimum atomic E-state index is -0.572. The molecule has 5 rings (SSSR count). The van der Waals surface area contributed by atoms with E-state index < -0.39 is 5.76 Å². The van der Waals surface area contributed by atoms with E-state index in [9.17, 15) is 9.59 Å². The molecule has 1 atom stereocenters. The zero-order valence-corrected chi connectivity index (χ0v) is 22.4. The van der Waals surface area contributed by atoms with Crippen LogP contribution >= 0.6 is 0 Å². The summed E-state index contributed by atoms with van der Waals surface area (Å²) in [6, 6.07) is 26.0. The number of aromatic nitrogens is 2. The molecule has 1 aliphatic heterocycles. The van der Waals surface area contributed by atoms with Crippen molar-refractivity contribution in [2.45, 2.75) is 45.6 Å². The van der Waals surface area contributed by atoms with Crippen LogP contribution in [0.5, 0.6) is 0 Å². The summed E-state index contributed by atoms with van der Waals surface area (Å²) in [7, 11) is 0. The number of carbonyl (C=O) groups is 1. The van der Waals surface area contributed by atoms with E-state index >= 15 is 0 Å². The maximum absolute atomic E-state index is 12.3. The molecule has 3 aromatic carbocycles. The van der Waals surface area contributed by atoms with E-state index in [-0.39, 0.29) is 6.04 Å². The number of unbranched alkanes of at least 4 members (excludes halogenated alkanes) is 1. The van der Waals surface area contributed by atoms with Gasteiger partial charge in [-0.1, -0.05) is 97.4 Å². The Balaban J connectivity index is 1.42. The van der Waals surface area contributed by atoms with E-state index in [2.05, 4.69) is 59.2 Å². The summed E-state index contributed by atoms with van der Waals surface area (Å²) in [5, 5.41) is 3.87. The Morgan fingerprint density at radius 2 is 1.72 bits per heavy atom. The molecule has 0 aliphatic carbocycles. The fourth-order valence-corrected chi connectivity index (χ4v) is 5.29. The van der Waals surface area contributed by atoms with Crippen LogP contribution in [0.3, 0.4) is 0 Å². The van der Waals surface area contributed by atoms with E-state index in [1.54, 1.807) is 0 Å². The zero-order chi connectivity index (χ0) is 27.2. The number of nitrogens with zero attached hydrogens (tertiary/aromatic N) is 2. The molecule has 198 valence electrons. The SMILES string of the molecule is CCCCC1=C(Cc2ccc(-c3ccccc3-c3noc(=O)[nH]3)cc2)CN(C(C=O)c2ccccc2)C(C)=C1. The first-order valence-electron chi connectivity index (χ1n) is 13.5. The normalized spacial score (nSPS) is 14.3. The van der Waals surface area contributed by atoms with Crippen LogP contribution in [0, 0.1) is 0 Å². The smallest absolute Gasteiger partial charge is 0.357 e. The van der Waals surface area contributed by atoms with Gasteiger partial charge in [0.25, 0.3) is 0 Å². The molecule has 1 aliphatic rings. The fourth-order valence-electron chi connectivity index (χ4n) is 5.29. The van der Waals surface area contributed by atoms with Gasteiger partial charge in [-0.2, -0.15) is 0 Å². The number of allylic oxidation sites excluding steroid dienone is 3. The Hall–Kier alpha value is -4.45. The monoisotopic (exact) mass is 519 g/mol. The summed E-state index contributed by atoms with van der Waals surface area (Å²) in [6.07, 6.45) is 7.46. The van der Waals surface area contributed by atoms with Crippen molar-refractivity contribution in [2.24, 2.45) is 0 Å². The van der Waals surface area contributed by atoms with Gasteiger partial charge >= 0.3 is 5.76 Å². The van der Waals surface area contributed by atoms with Crippen LogP contribution in [-0.2, 0) is 11.2 Å². The van der Waals surface area contributed by atoms with E-state index in [0.29, 0.717) is 5.82 Å². The summed E-state index contributed by atoms with van der Waals surface area (Å²) < 4.78 is 4.72. The van der Waals surface area contributed by atoms with Gasteiger partial charge in [-0.3, -0.25) is 9.51 Å². The highest BCUT2D eigenvalue weighted by atomic mass is 16.5. The van der Waals surface area contributed by atoms with Gasteiger partial charge in [0.2, 0.25) is 0 Å². The lowest BCUT2D eigenvalue weighted by molar-refractivity contribution is -0.111. The largest absolute Gasteiger partial charge is 0.439 e. The quantitative estimate of drug-likeness (QED) is 0.231. The number of aromatic amines is 1. The predicted molar refractivity (Wildman–Crippen MR) is 154 cm³/mol. The summed E-state index contributed by atoms with van der Waals surface area (Å²) in [4.78, 5) is 28.6. The van der Waals surface area contributed by atoms with Crippen molar-refractivity contribution in [3.63, 3.8) is 0 Å². The third-order valence-electron chi connectivity index (χ3n) is 7.36. The van der Waals surface area contributed by atoms with E-state index in [0.717, 1.165) is 66.5 Å². The zero-order valence-electron chi connectivity index (χ0n) is 22.4. The minimum absolute atomic E-state index is 0.313. The number of hydrogen-bond acceptors (Lipinski definition) is 5. The van der Waals surface area contributed by atoms with Crippen molar-refractivity contribution < 1.29 is 9.32 Å². The van der Waals surface area contributed by atoms with Gasteiger partial charge in [0.1, 0.15) is 12.3 Å². The number of H-pyrrole nitrogens is 1. The van der Waals surface area contributed by atoms with Crippen LogP contribution in [0.2, 0.25) is 0 Å². The fraction of sp³-hybridized carbons (Fsp3) is 0.242. The second-order valence-electron chi connectivity index (χ2n) is 10.0. The third kappa shape index (κ3) is 5.85. The number of aldehydes is 1. The number of rotatable bonds is 10. The first kappa shape index (κ1) is 26.2. The summed E-state index contributed by atoms with van der Waals surface area (Å²) >= 11 is 0. The summed E-state index contributed by atoms with van der Waals surface area (Å²) in [5.74, 6) is -0.157. The molecule has 4 aromatic rings. The van der Waals surface area contributed by atoms with Crippen molar-refractivity contribution in [2.75, 3.05) is 6.54 Å². The van der Waals surface area contributed by atoms with E-state index in [1.165, 1.54) is 16.7 Å². The van der Waals surface area contributed by atoms with Crippen molar-refractivity contribution in [1.82, 2.24) is 15.0 Å². The minimum Gasteiger partial charge on any atom is -0.357 e. The Bertz CT molecular complexity index is 1540. The molecule has 1 N–H and O–H groups in total. The molecule has 0 amide bonds. The van der Waals surface area contributed by atoms with Crippen molar-refractivity contribution in [3.05, 3.63) is 123 Å². The maximum atomic E-state index is 12.3. The predicted octanol–water partition coefficient (Wildman–Crippen LogP) is 6.89. The average Bonchev–Trinajstić information content (AvgIpc) is 3.41. The van der Waals surface area contributed by atoms with Gasteiger partial charge in [0.05, 0.1) is 0 Å². The molecule has 0 spiro atoms. The van der Waals surface area contributed by atoms with Gasteiger partial charge in [0.15, 0.2) is 5.82 Å². The highest BCUT2D eigenvalue weighted by Gasteiger charge is 2.25. The third-order valence-corrected chi connectivity index (χ3v) is 7.36. The van der Waals surface area contributed by atoms with Gasteiger partial charge in [0, 0.05) is 17.8 Å². The molecule has 6 heteroatoms. The summed E-state index contributed by atoms with van der Waals surface area (Å²) in [6.45, 7) is 5.05. The molecule has 39 heavy (non-hydrogen) atoms. The average molecular weight is 520 g/mol. The van der Waals surface area contributed by atoms with Crippen LogP contribution in [0.25, 0.3) is 22.5 Å². The van der Waals surface area contributed by atoms with Gasteiger partial charge in [-0.15, -0.1) is 0 Å². The van der Waals surface area contributed by atoms with E-state index in [1.807, 2.05) is 54.6 Å². The van der Waals surface area contributed by atoms with Gasteiger partial charge in [-0.05, 0) is 65.7 Å². The van der Waals surface area contributed by atoms with Gasteiger partial charge in [-0.25, -0.2) is 4.79 Å². The molecule has 6 nitrogen and oxygen atoms in total. The van der Waals surface area contributed by atoms with Gasteiger partial charge < -0.3 is 9.69 Å². The second-order valence-corrected chi connectivity index (χ2v) is 10.0. The van der Waals surface area contributed by atoms with Crippen molar-refractivity contribution in [3.8, 4) is 22.5 Å². The highest BCUT2D eigenvalue weighted by molar-refractivity contribution is 5.80. The Labute approximate surface area is 228 Å². The van der Waals surface area contributed by atoms with Crippen molar-refractivity contribution in [1.29, 1.82) is 0 Å². The molecule has 0 saturated carbocycles. The summed E-state index contributed by atoms with van der Waals surface area (Å²) in [5.41, 5.74) is 8.89. The first-order valence-corrected chi connectivity index (χ1v) is 13.5. The second kappa shape index (κ2) is 11.9. The number of benzene rings is 3. The number of hydrogen-bond donors (Lipinski definition) is 1. The van der Waals surface area contributed by atoms with E-state index in [4.69, 9.17) is 4.52 Å². The van der Waals surface area contributed by atoms with Crippen LogP contribution in [-0.4, -0.2) is 27.9 Å². The molecule has 1 aromatic heterocycles. The lowest BCUT2D eigenvalue weighted by Crippen LogP contribution is -2.33. The Kier molecular flexibility index (Phi) is 8.02. The van der Waals surface area contributed by atoms with Crippen LogP contribution in [0.4, 0.5) is 0 Å². The molecular formula is C33H33N3O3. The Morgan fingerprint density at radius 1 is 1.00 bits per heavy atom. The maximum Gasteiger partial charge on any atom is 0.439 e. The molecular weight excluding hydrogens is 486 g/mol. The molecule has 2 heterocycles. The topological polar surface area (TPSA) is 79.2 Å². The van der Waals surface area contributed by atoms with Crippen LogP contribution in [0.15, 0.2) is 111 Å². The lowest BCUT2D eigenvalue weighted by atomic mass is 9.90. The first-order chi connectivity index (χ1) is 19.1. The standard InChI is InChI=1S/C33H33N3O3/c1-3-4-10-27-19-23(2)36(31(22-37)26-11-6-5-7-12-26)21-28(27)20-24-15-17-25(18-16-24)29-13-8-9-14-30(29)32-34-33(38)39-35-32/h5-9,11-19,22,31H,3-4,10,20-21H2,1-2H3,(H,34,35,38). The van der Waals surface area contributed by atoms with Crippen LogP contribution in [0.1, 0.15) is 50.3 Å².